The van der Waals surface area contributed by atoms with Crippen molar-refractivity contribution in [3.63, 3.8) is 0 Å². The molecule has 2 heterocycles. The highest BCUT2D eigenvalue weighted by molar-refractivity contribution is 5.98. The maximum Gasteiger partial charge on any atom is 0.254 e. The molecular formula is C27H30FN7O2. The van der Waals surface area contributed by atoms with Crippen LogP contribution in [0.5, 0.6) is 0 Å². The Bertz CT molecular complexity index is 1330. The van der Waals surface area contributed by atoms with Crippen LogP contribution in [0, 0.1) is 5.82 Å². The molecule has 2 amide bonds. The van der Waals surface area contributed by atoms with Gasteiger partial charge in [-0.1, -0.05) is 25.0 Å². The monoisotopic (exact) mass is 503 g/mol. The molecule has 1 aliphatic carbocycles. The van der Waals surface area contributed by atoms with E-state index in [1.807, 2.05) is 18.2 Å². The van der Waals surface area contributed by atoms with Gasteiger partial charge in [0.05, 0.1) is 0 Å². The van der Waals surface area contributed by atoms with E-state index in [1.54, 1.807) is 11.0 Å². The van der Waals surface area contributed by atoms with E-state index in [0.29, 0.717) is 36.7 Å². The van der Waals surface area contributed by atoms with Crippen molar-refractivity contribution >= 4 is 29.3 Å². The minimum Gasteiger partial charge on any atom is -0.365 e. The number of benzene rings is 2. The number of nitrogens with two attached hydrogens (primary N) is 2. The van der Waals surface area contributed by atoms with E-state index < -0.39 is 11.7 Å². The summed E-state index contributed by atoms with van der Waals surface area (Å²) in [5.74, 6) is -0.637. The highest BCUT2D eigenvalue weighted by Gasteiger charge is 2.24. The Hall–Kier alpha value is -4.05. The molecule has 1 saturated carbocycles. The van der Waals surface area contributed by atoms with Crippen LogP contribution in [0.4, 0.5) is 21.8 Å². The molecule has 0 spiro atoms. The molecule has 9 nitrogen and oxygen atoms in total. The van der Waals surface area contributed by atoms with E-state index in [0.717, 1.165) is 36.8 Å². The molecular weight excluding hydrogens is 473 g/mol. The first kappa shape index (κ1) is 24.6. The van der Waals surface area contributed by atoms with E-state index >= 15 is 0 Å². The van der Waals surface area contributed by atoms with E-state index in [4.69, 9.17) is 11.5 Å². The Labute approximate surface area is 214 Å². The van der Waals surface area contributed by atoms with E-state index in [9.17, 15) is 14.0 Å². The Morgan fingerprint density at radius 3 is 2.70 bits per heavy atom. The van der Waals surface area contributed by atoms with Crippen molar-refractivity contribution in [3.05, 3.63) is 76.7 Å². The number of rotatable bonds is 6. The summed E-state index contributed by atoms with van der Waals surface area (Å²) >= 11 is 0. The van der Waals surface area contributed by atoms with Gasteiger partial charge in [0, 0.05) is 42.6 Å². The summed E-state index contributed by atoms with van der Waals surface area (Å²) in [6.07, 6.45) is 6.16. The summed E-state index contributed by atoms with van der Waals surface area (Å²) in [7, 11) is 0. The lowest BCUT2D eigenvalue weighted by Gasteiger charge is -2.30. The molecule has 0 radical (unpaired) electrons. The van der Waals surface area contributed by atoms with Gasteiger partial charge in [-0.15, -0.1) is 0 Å². The molecule has 1 aromatic heterocycles. The zero-order valence-corrected chi connectivity index (χ0v) is 20.4. The number of halogens is 1. The van der Waals surface area contributed by atoms with Crippen LogP contribution in [0.3, 0.4) is 0 Å². The van der Waals surface area contributed by atoms with E-state index in [-0.39, 0.29) is 29.4 Å². The van der Waals surface area contributed by atoms with Crippen LogP contribution < -0.4 is 22.1 Å². The number of hydrogen-bond donors (Lipinski definition) is 4. The number of primary amides is 1. The summed E-state index contributed by atoms with van der Waals surface area (Å²) in [6, 6.07) is 11.6. The highest BCUT2D eigenvalue weighted by Crippen LogP contribution is 2.27. The zero-order chi connectivity index (χ0) is 25.9. The first-order chi connectivity index (χ1) is 17.9. The summed E-state index contributed by atoms with van der Waals surface area (Å²) < 4.78 is 13.6. The van der Waals surface area contributed by atoms with Crippen LogP contribution in [-0.4, -0.2) is 45.3 Å². The van der Waals surface area contributed by atoms with Crippen molar-refractivity contribution in [1.29, 1.82) is 0 Å². The van der Waals surface area contributed by atoms with Gasteiger partial charge in [0.2, 0.25) is 5.95 Å². The predicted octanol–water partition coefficient (Wildman–Crippen LogP) is 3.34. The standard InChI is InChI=1S/C27H30FN7O2/c28-19-5-3-4-17(12-19)26(37)35-11-10-16-8-9-20(13-18(16)15-35)32-25-21(24(30)36)14-31-27(34-25)33-23-7-2-1-6-22(23)29/h3-5,8-9,12-14,22-23H,1-2,6-7,10-11,15,29H2,(H2,30,36)(H2,31,32,33,34)/t22-,23+/m0/s1. The van der Waals surface area contributed by atoms with Crippen molar-refractivity contribution in [2.24, 2.45) is 11.5 Å². The van der Waals surface area contributed by atoms with Crippen molar-refractivity contribution in [1.82, 2.24) is 14.9 Å². The Morgan fingerprint density at radius 1 is 1.08 bits per heavy atom. The number of nitrogens with one attached hydrogen (secondary N) is 2. The van der Waals surface area contributed by atoms with Crippen molar-refractivity contribution < 1.29 is 14.0 Å². The fourth-order valence-electron chi connectivity index (χ4n) is 4.98. The van der Waals surface area contributed by atoms with Gasteiger partial charge in [0.1, 0.15) is 17.2 Å². The van der Waals surface area contributed by atoms with Crippen LogP contribution in [0.15, 0.2) is 48.7 Å². The van der Waals surface area contributed by atoms with Gasteiger partial charge < -0.3 is 27.0 Å². The zero-order valence-electron chi connectivity index (χ0n) is 20.4. The fourth-order valence-corrected chi connectivity index (χ4v) is 4.98. The molecule has 192 valence electrons. The average molecular weight is 504 g/mol. The highest BCUT2D eigenvalue weighted by atomic mass is 19.1. The molecule has 1 fully saturated rings. The van der Waals surface area contributed by atoms with Crippen molar-refractivity contribution in [2.45, 2.75) is 50.7 Å². The average Bonchev–Trinajstić information content (AvgIpc) is 2.89. The van der Waals surface area contributed by atoms with Gasteiger partial charge in [-0.25, -0.2) is 9.37 Å². The lowest BCUT2D eigenvalue weighted by molar-refractivity contribution is 0.0734. The number of amides is 2. The summed E-state index contributed by atoms with van der Waals surface area (Å²) in [6.45, 7) is 0.935. The molecule has 6 N–H and O–H groups in total. The molecule has 10 heteroatoms. The van der Waals surface area contributed by atoms with Gasteiger partial charge in [-0.05, 0) is 60.7 Å². The number of carbonyl (C=O) groups excluding carboxylic acids is 2. The third-order valence-corrected chi connectivity index (χ3v) is 7.03. The maximum atomic E-state index is 13.6. The Kier molecular flexibility index (Phi) is 7.00. The van der Waals surface area contributed by atoms with E-state index in [2.05, 4.69) is 20.6 Å². The lowest BCUT2D eigenvalue weighted by atomic mass is 9.91. The number of hydrogen-bond acceptors (Lipinski definition) is 7. The van der Waals surface area contributed by atoms with Gasteiger partial charge in [0.25, 0.3) is 11.8 Å². The summed E-state index contributed by atoms with van der Waals surface area (Å²) in [4.78, 5) is 35.5. The Morgan fingerprint density at radius 2 is 1.92 bits per heavy atom. The van der Waals surface area contributed by atoms with Crippen molar-refractivity contribution in [2.75, 3.05) is 17.2 Å². The first-order valence-corrected chi connectivity index (χ1v) is 12.5. The number of anilines is 3. The molecule has 2 aromatic carbocycles. The van der Waals surface area contributed by atoms with Gasteiger partial charge in [-0.3, -0.25) is 9.59 Å². The largest absolute Gasteiger partial charge is 0.365 e. The van der Waals surface area contributed by atoms with Crippen LogP contribution in [-0.2, 0) is 13.0 Å². The van der Waals surface area contributed by atoms with Crippen LogP contribution in [0.2, 0.25) is 0 Å². The van der Waals surface area contributed by atoms with Crippen molar-refractivity contribution in [3.8, 4) is 0 Å². The minimum absolute atomic E-state index is 0.0169. The normalized spacial score (nSPS) is 19.1. The lowest BCUT2D eigenvalue weighted by Crippen LogP contribution is -2.43. The van der Waals surface area contributed by atoms with Crippen LogP contribution in [0.1, 0.15) is 57.5 Å². The number of nitrogens with zero attached hydrogens (tertiary/aromatic N) is 3. The second kappa shape index (κ2) is 10.5. The van der Waals surface area contributed by atoms with E-state index in [1.165, 1.54) is 24.4 Å². The topological polar surface area (TPSA) is 139 Å². The third kappa shape index (κ3) is 5.54. The molecule has 3 aromatic rings. The summed E-state index contributed by atoms with van der Waals surface area (Å²) in [5, 5.41) is 6.50. The molecule has 0 bridgehead atoms. The number of aromatic nitrogens is 2. The second-order valence-corrected chi connectivity index (χ2v) is 9.61. The fraction of sp³-hybridized carbons (Fsp3) is 0.333. The minimum atomic E-state index is -0.645. The Balaban J connectivity index is 1.36. The predicted molar refractivity (Wildman–Crippen MR) is 139 cm³/mol. The molecule has 0 saturated heterocycles. The molecule has 1 aliphatic heterocycles. The van der Waals surface area contributed by atoms with Gasteiger partial charge in [0.15, 0.2) is 0 Å². The van der Waals surface area contributed by atoms with Gasteiger partial charge in [-0.2, -0.15) is 4.98 Å². The molecule has 2 atom stereocenters. The van der Waals surface area contributed by atoms with Gasteiger partial charge >= 0.3 is 0 Å². The maximum absolute atomic E-state index is 13.6. The second-order valence-electron chi connectivity index (χ2n) is 9.61. The number of fused-ring (bicyclic) bond motifs is 1. The summed E-state index contributed by atoms with van der Waals surface area (Å²) in [5.41, 5.74) is 15.1. The first-order valence-electron chi connectivity index (χ1n) is 12.5. The van der Waals surface area contributed by atoms with Crippen LogP contribution in [0.25, 0.3) is 0 Å². The molecule has 5 rings (SSSR count). The number of carbonyl (C=O) groups is 2. The molecule has 2 aliphatic rings. The SMILES string of the molecule is NC(=O)c1cnc(N[C@@H]2CCCC[C@@H]2N)nc1Nc1ccc2c(c1)CN(C(=O)c1cccc(F)c1)CC2. The van der Waals surface area contributed by atoms with Crippen LogP contribution >= 0.6 is 0 Å². The third-order valence-electron chi connectivity index (χ3n) is 7.03. The quantitative estimate of drug-likeness (QED) is 0.405. The molecule has 37 heavy (non-hydrogen) atoms. The molecule has 0 unspecified atom stereocenters. The smallest absolute Gasteiger partial charge is 0.254 e.